The van der Waals surface area contributed by atoms with Crippen LogP contribution in [0.4, 0.5) is 0 Å². The Morgan fingerprint density at radius 1 is 1.31 bits per heavy atom. The van der Waals surface area contributed by atoms with Gasteiger partial charge in [-0.2, -0.15) is 0 Å². The number of hydrogen-bond donors (Lipinski definition) is 2. The van der Waals surface area contributed by atoms with Crippen LogP contribution >= 0.6 is 0 Å². The lowest BCUT2D eigenvalue weighted by Crippen LogP contribution is -2.30. The Bertz CT molecular complexity index is 107. The van der Waals surface area contributed by atoms with Crippen LogP contribution in [0.25, 0.3) is 0 Å². The first kappa shape index (κ1) is 12.9. The molecule has 13 heavy (non-hydrogen) atoms. The van der Waals surface area contributed by atoms with Gasteiger partial charge in [-0.15, -0.1) is 0 Å². The Kier molecular flexibility index (Phi) is 8.40. The highest BCUT2D eigenvalue weighted by atomic mass is 16.5. The van der Waals surface area contributed by atoms with Crippen molar-refractivity contribution >= 4 is 0 Å². The molecule has 0 rings (SSSR count). The third-order valence-corrected chi connectivity index (χ3v) is 1.75. The minimum absolute atomic E-state index is 0.251. The summed E-state index contributed by atoms with van der Waals surface area (Å²) in [4.78, 5) is 0. The fraction of sp³-hybridized carbons (Fsp3) is 1.00. The second-order valence-corrected chi connectivity index (χ2v) is 3.84. The van der Waals surface area contributed by atoms with Crippen molar-refractivity contribution in [2.75, 3.05) is 26.4 Å². The van der Waals surface area contributed by atoms with Crippen molar-refractivity contribution in [2.45, 2.75) is 33.2 Å². The lowest BCUT2D eigenvalue weighted by Gasteiger charge is -2.12. The zero-order valence-corrected chi connectivity index (χ0v) is 9.05. The van der Waals surface area contributed by atoms with Crippen LogP contribution in [0, 0.1) is 5.92 Å². The molecule has 80 valence electrons. The first-order valence-corrected chi connectivity index (χ1v) is 5.08. The maximum absolute atomic E-state index is 8.64. The third kappa shape index (κ3) is 9.80. The molecule has 0 aromatic carbocycles. The highest BCUT2D eigenvalue weighted by Gasteiger charge is 1.99. The fourth-order valence-electron chi connectivity index (χ4n) is 0.992. The number of aliphatic hydroxyl groups excluding tert-OH is 1. The van der Waals surface area contributed by atoms with E-state index in [1.54, 1.807) is 0 Å². The Labute approximate surface area is 81.5 Å². The monoisotopic (exact) mass is 189 g/mol. The molecule has 3 nitrogen and oxygen atoms in total. The highest BCUT2D eigenvalue weighted by molar-refractivity contribution is 4.58. The van der Waals surface area contributed by atoms with Crippen LogP contribution < -0.4 is 5.32 Å². The Morgan fingerprint density at radius 3 is 2.54 bits per heavy atom. The topological polar surface area (TPSA) is 41.5 Å². The molecule has 0 radical (unpaired) electrons. The van der Waals surface area contributed by atoms with Crippen LogP contribution in [0.5, 0.6) is 0 Å². The Balaban J connectivity index is 3.06. The molecule has 3 heteroatoms. The first-order valence-electron chi connectivity index (χ1n) is 5.08. The van der Waals surface area contributed by atoms with Gasteiger partial charge in [0.25, 0.3) is 0 Å². The molecule has 0 aromatic heterocycles. The molecule has 0 aliphatic carbocycles. The molecule has 0 aliphatic heterocycles. The van der Waals surface area contributed by atoms with Crippen LogP contribution in [0.1, 0.15) is 27.2 Å². The van der Waals surface area contributed by atoms with Gasteiger partial charge in [-0.25, -0.2) is 0 Å². The molecule has 0 saturated carbocycles. The third-order valence-electron chi connectivity index (χ3n) is 1.75. The highest BCUT2D eigenvalue weighted by Crippen LogP contribution is 1.92. The molecule has 1 atom stereocenters. The van der Waals surface area contributed by atoms with Crippen molar-refractivity contribution in [2.24, 2.45) is 5.92 Å². The molecular formula is C10H23NO2. The summed E-state index contributed by atoms with van der Waals surface area (Å²) < 4.78 is 5.40. The molecule has 1 unspecified atom stereocenters. The van der Waals surface area contributed by atoms with E-state index in [-0.39, 0.29) is 6.61 Å². The zero-order valence-electron chi connectivity index (χ0n) is 9.05. The predicted octanol–water partition coefficient (Wildman–Crippen LogP) is 1.02. The van der Waals surface area contributed by atoms with Crippen molar-refractivity contribution in [3.05, 3.63) is 0 Å². The number of rotatable bonds is 8. The predicted molar refractivity (Wildman–Crippen MR) is 54.8 cm³/mol. The molecule has 0 amide bonds. The lowest BCUT2D eigenvalue weighted by atomic mass is 10.2. The summed E-state index contributed by atoms with van der Waals surface area (Å²) in [6, 6.07) is 0.382. The maximum Gasteiger partial charge on any atom is 0.0591 e. The first-order chi connectivity index (χ1) is 6.16. The van der Waals surface area contributed by atoms with Crippen molar-refractivity contribution < 1.29 is 9.84 Å². The normalized spacial score (nSPS) is 13.6. The van der Waals surface area contributed by atoms with E-state index in [0.29, 0.717) is 12.0 Å². The van der Waals surface area contributed by atoms with E-state index in [9.17, 15) is 0 Å². The van der Waals surface area contributed by atoms with Crippen molar-refractivity contribution in [3.63, 3.8) is 0 Å². The summed E-state index contributed by atoms with van der Waals surface area (Å²) in [5.74, 6) is 0.606. The number of ether oxygens (including phenoxy) is 1. The van der Waals surface area contributed by atoms with Crippen LogP contribution in [0.3, 0.4) is 0 Å². The Morgan fingerprint density at radius 2 is 2.00 bits per heavy atom. The van der Waals surface area contributed by atoms with E-state index in [2.05, 4.69) is 26.1 Å². The van der Waals surface area contributed by atoms with Gasteiger partial charge in [0.1, 0.15) is 0 Å². The van der Waals surface area contributed by atoms with Gasteiger partial charge in [-0.1, -0.05) is 13.8 Å². The van der Waals surface area contributed by atoms with Gasteiger partial charge in [-0.05, 0) is 19.3 Å². The molecular weight excluding hydrogens is 166 g/mol. The van der Waals surface area contributed by atoms with E-state index in [4.69, 9.17) is 9.84 Å². The van der Waals surface area contributed by atoms with E-state index in [1.807, 2.05) is 0 Å². The SMILES string of the molecule is CC(C)COCCNC(C)CCO. The molecule has 0 aromatic rings. The van der Waals surface area contributed by atoms with Gasteiger partial charge in [0.15, 0.2) is 0 Å². The quantitative estimate of drug-likeness (QED) is 0.560. The summed E-state index contributed by atoms with van der Waals surface area (Å²) in [6.45, 7) is 9.06. The Hall–Kier alpha value is -0.120. The number of aliphatic hydroxyl groups is 1. The van der Waals surface area contributed by atoms with Gasteiger partial charge in [0, 0.05) is 25.8 Å². The van der Waals surface area contributed by atoms with Gasteiger partial charge in [-0.3, -0.25) is 0 Å². The van der Waals surface area contributed by atoms with E-state index < -0.39 is 0 Å². The molecule has 0 fully saturated rings. The molecule has 0 spiro atoms. The summed E-state index contributed by atoms with van der Waals surface area (Å²) in [5.41, 5.74) is 0. The summed E-state index contributed by atoms with van der Waals surface area (Å²) in [5, 5.41) is 11.9. The van der Waals surface area contributed by atoms with Crippen LogP contribution in [0.2, 0.25) is 0 Å². The van der Waals surface area contributed by atoms with Gasteiger partial charge >= 0.3 is 0 Å². The largest absolute Gasteiger partial charge is 0.396 e. The molecule has 0 saturated heterocycles. The van der Waals surface area contributed by atoms with Crippen molar-refractivity contribution in [3.8, 4) is 0 Å². The summed E-state index contributed by atoms with van der Waals surface area (Å²) >= 11 is 0. The van der Waals surface area contributed by atoms with Crippen LogP contribution in [0.15, 0.2) is 0 Å². The van der Waals surface area contributed by atoms with E-state index in [1.165, 1.54) is 0 Å². The van der Waals surface area contributed by atoms with Crippen LogP contribution in [-0.2, 0) is 4.74 Å². The molecule has 0 aliphatic rings. The minimum Gasteiger partial charge on any atom is -0.396 e. The molecule has 0 heterocycles. The average Bonchev–Trinajstić information content (AvgIpc) is 2.03. The number of nitrogens with one attached hydrogen (secondary N) is 1. The maximum atomic E-state index is 8.64. The second-order valence-electron chi connectivity index (χ2n) is 3.84. The van der Waals surface area contributed by atoms with E-state index >= 15 is 0 Å². The molecule has 2 N–H and O–H groups in total. The van der Waals surface area contributed by atoms with Gasteiger partial charge in [0.2, 0.25) is 0 Å². The fourth-order valence-corrected chi connectivity index (χ4v) is 0.992. The van der Waals surface area contributed by atoms with Gasteiger partial charge in [0.05, 0.1) is 6.61 Å². The number of hydrogen-bond acceptors (Lipinski definition) is 3. The zero-order chi connectivity index (χ0) is 10.1. The minimum atomic E-state index is 0.251. The second kappa shape index (κ2) is 8.48. The lowest BCUT2D eigenvalue weighted by molar-refractivity contribution is 0.109. The summed E-state index contributed by atoms with van der Waals surface area (Å²) in [6.07, 6.45) is 0.810. The van der Waals surface area contributed by atoms with Gasteiger partial charge < -0.3 is 15.2 Å². The summed E-state index contributed by atoms with van der Waals surface area (Å²) in [7, 11) is 0. The van der Waals surface area contributed by atoms with Crippen LogP contribution in [-0.4, -0.2) is 37.5 Å². The van der Waals surface area contributed by atoms with Crippen molar-refractivity contribution in [1.82, 2.24) is 5.32 Å². The van der Waals surface area contributed by atoms with E-state index in [0.717, 1.165) is 26.2 Å². The standard InChI is InChI=1S/C10H23NO2/c1-9(2)8-13-7-5-11-10(3)4-6-12/h9-12H,4-8H2,1-3H3. The molecule has 0 bridgehead atoms. The average molecular weight is 189 g/mol. The van der Waals surface area contributed by atoms with Crippen molar-refractivity contribution in [1.29, 1.82) is 0 Å². The smallest absolute Gasteiger partial charge is 0.0591 e.